The van der Waals surface area contributed by atoms with Crippen molar-refractivity contribution in [3.8, 4) is 11.5 Å². The molecule has 1 aliphatic heterocycles. The molecule has 0 spiro atoms. The van der Waals surface area contributed by atoms with Crippen LogP contribution in [0, 0.1) is 0 Å². The van der Waals surface area contributed by atoms with E-state index < -0.39 is 6.04 Å². The minimum absolute atomic E-state index is 0.141. The molecule has 0 N–H and O–H groups in total. The third-order valence-electron chi connectivity index (χ3n) is 5.84. The molecule has 1 aromatic heterocycles. The van der Waals surface area contributed by atoms with E-state index in [-0.39, 0.29) is 11.3 Å². The highest BCUT2D eigenvalue weighted by Gasteiger charge is 2.32. The second-order valence-electron chi connectivity index (χ2n) is 8.23. The maximum absolute atomic E-state index is 13.6. The molecule has 176 valence electrons. The summed E-state index contributed by atoms with van der Waals surface area (Å²) in [5, 5.41) is 0. The van der Waals surface area contributed by atoms with E-state index in [4.69, 9.17) is 9.47 Å². The number of ketones is 1. The molecule has 0 saturated heterocycles. The van der Waals surface area contributed by atoms with Crippen LogP contribution in [0.4, 0.5) is 5.69 Å². The van der Waals surface area contributed by atoms with Gasteiger partial charge in [0.25, 0.3) is 5.56 Å². The molecule has 2 aromatic carbocycles. The largest absolute Gasteiger partial charge is 0.497 e. The summed E-state index contributed by atoms with van der Waals surface area (Å²) in [6, 6.07) is 12.7. The molecule has 0 radical (unpaired) electrons. The van der Waals surface area contributed by atoms with E-state index in [0.29, 0.717) is 37.7 Å². The number of carbonyl (C=O) groups excluding carboxylic acids is 1. The molecule has 8 heteroatoms. The van der Waals surface area contributed by atoms with Crippen LogP contribution in [-0.4, -0.2) is 38.7 Å². The van der Waals surface area contributed by atoms with Crippen molar-refractivity contribution in [3.63, 3.8) is 0 Å². The van der Waals surface area contributed by atoms with Crippen LogP contribution in [0.15, 0.2) is 63.5 Å². The standard InChI is InChI=1S/C26H27N3O4S/c1-15-23(16(2)30)24(20-12-11-19(32-5)14-21(20)33-6)29-25(31)22(34-26(29)27-15)13-17-7-9-18(10-8-17)28(3)4/h7-14,24H,1-6H3/b22-13-/t24-/m0/s1. The lowest BCUT2D eigenvalue weighted by Gasteiger charge is -2.26. The summed E-state index contributed by atoms with van der Waals surface area (Å²) in [6.45, 7) is 3.30. The highest BCUT2D eigenvalue weighted by molar-refractivity contribution is 7.07. The van der Waals surface area contributed by atoms with E-state index in [0.717, 1.165) is 11.3 Å². The lowest BCUT2D eigenvalue weighted by atomic mass is 9.92. The number of methoxy groups -OCH3 is 2. The number of hydrogen-bond donors (Lipinski definition) is 0. The number of aromatic nitrogens is 1. The molecule has 4 rings (SSSR count). The molecule has 1 atom stereocenters. The quantitative estimate of drug-likeness (QED) is 0.546. The average molecular weight is 478 g/mol. The van der Waals surface area contributed by atoms with Crippen molar-refractivity contribution in [2.45, 2.75) is 19.9 Å². The van der Waals surface area contributed by atoms with Crippen molar-refractivity contribution in [3.05, 3.63) is 84.5 Å². The minimum Gasteiger partial charge on any atom is -0.497 e. The Morgan fingerprint density at radius 2 is 1.82 bits per heavy atom. The normalized spacial score (nSPS) is 15.6. The van der Waals surface area contributed by atoms with Crippen LogP contribution in [0.2, 0.25) is 0 Å². The third-order valence-corrected chi connectivity index (χ3v) is 6.83. The van der Waals surface area contributed by atoms with Crippen LogP contribution >= 0.6 is 11.3 Å². The Labute approximate surface area is 201 Å². The van der Waals surface area contributed by atoms with Crippen molar-refractivity contribution < 1.29 is 14.3 Å². The van der Waals surface area contributed by atoms with Gasteiger partial charge < -0.3 is 14.4 Å². The molecule has 34 heavy (non-hydrogen) atoms. The summed E-state index contributed by atoms with van der Waals surface area (Å²) in [5.41, 5.74) is 3.56. The molecule has 3 aromatic rings. The first kappa shape index (κ1) is 23.5. The fraction of sp³-hybridized carbons (Fsp3) is 0.269. The highest BCUT2D eigenvalue weighted by Crippen LogP contribution is 2.37. The Balaban J connectivity index is 1.94. The Bertz CT molecular complexity index is 1460. The Kier molecular flexibility index (Phi) is 6.43. The predicted octanol–water partition coefficient (Wildman–Crippen LogP) is 2.91. The van der Waals surface area contributed by atoms with Crippen LogP contribution in [0.3, 0.4) is 0 Å². The van der Waals surface area contributed by atoms with Crippen molar-refractivity contribution in [1.82, 2.24) is 4.57 Å². The number of thiazole rings is 1. The minimum atomic E-state index is -0.645. The maximum atomic E-state index is 13.6. The van der Waals surface area contributed by atoms with Crippen molar-refractivity contribution in [2.24, 2.45) is 4.99 Å². The molecule has 0 amide bonds. The van der Waals surface area contributed by atoms with Crippen LogP contribution in [0.1, 0.15) is 31.0 Å². The van der Waals surface area contributed by atoms with E-state index in [9.17, 15) is 9.59 Å². The summed E-state index contributed by atoms with van der Waals surface area (Å²) in [7, 11) is 7.10. The van der Waals surface area contributed by atoms with Gasteiger partial charge in [-0.15, -0.1) is 0 Å². The van der Waals surface area contributed by atoms with Gasteiger partial charge in [-0.1, -0.05) is 23.5 Å². The highest BCUT2D eigenvalue weighted by atomic mass is 32.1. The van der Waals surface area contributed by atoms with Gasteiger partial charge >= 0.3 is 0 Å². The van der Waals surface area contributed by atoms with E-state index in [2.05, 4.69) is 4.99 Å². The Morgan fingerprint density at radius 1 is 1.12 bits per heavy atom. The number of ether oxygens (including phenoxy) is 2. The van der Waals surface area contributed by atoms with Crippen LogP contribution in [-0.2, 0) is 4.79 Å². The van der Waals surface area contributed by atoms with Gasteiger partial charge in [0.15, 0.2) is 10.6 Å². The number of anilines is 1. The maximum Gasteiger partial charge on any atom is 0.271 e. The van der Waals surface area contributed by atoms with E-state index in [1.807, 2.05) is 55.4 Å². The van der Waals surface area contributed by atoms with Gasteiger partial charge in [0.1, 0.15) is 11.5 Å². The van der Waals surface area contributed by atoms with Gasteiger partial charge in [-0.3, -0.25) is 14.2 Å². The van der Waals surface area contributed by atoms with Gasteiger partial charge in [0, 0.05) is 42.7 Å². The summed E-state index contributed by atoms with van der Waals surface area (Å²) in [6.07, 6.45) is 1.86. The molecular formula is C26H27N3O4S. The second kappa shape index (κ2) is 9.30. The third kappa shape index (κ3) is 4.17. The summed E-state index contributed by atoms with van der Waals surface area (Å²) in [5.74, 6) is 1.02. The topological polar surface area (TPSA) is 73.1 Å². The van der Waals surface area contributed by atoms with E-state index >= 15 is 0 Å². The monoisotopic (exact) mass is 477 g/mol. The molecule has 7 nitrogen and oxygen atoms in total. The van der Waals surface area contributed by atoms with Crippen molar-refractivity contribution in [1.29, 1.82) is 0 Å². The zero-order chi connectivity index (χ0) is 24.6. The molecule has 0 aliphatic carbocycles. The lowest BCUT2D eigenvalue weighted by molar-refractivity contribution is -0.114. The summed E-state index contributed by atoms with van der Waals surface area (Å²) >= 11 is 1.31. The summed E-state index contributed by atoms with van der Waals surface area (Å²) < 4.78 is 13.1. The van der Waals surface area contributed by atoms with Gasteiger partial charge in [0.05, 0.1) is 24.8 Å². The second-order valence-corrected chi connectivity index (χ2v) is 9.24. The molecule has 0 bridgehead atoms. The van der Waals surface area contributed by atoms with Crippen LogP contribution in [0.25, 0.3) is 6.08 Å². The van der Waals surface area contributed by atoms with Gasteiger partial charge in [-0.25, -0.2) is 4.99 Å². The number of carbonyl (C=O) groups is 1. The molecule has 2 heterocycles. The number of allylic oxidation sites excluding steroid dienone is 2. The Morgan fingerprint density at radius 3 is 2.41 bits per heavy atom. The van der Waals surface area contributed by atoms with Gasteiger partial charge in [-0.2, -0.15) is 0 Å². The fourth-order valence-corrected chi connectivity index (χ4v) is 5.18. The number of hydrogen-bond acceptors (Lipinski definition) is 7. The molecule has 0 saturated carbocycles. The Hall–Kier alpha value is -3.65. The zero-order valence-electron chi connectivity index (χ0n) is 20.1. The van der Waals surface area contributed by atoms with E-state index in [1.54, 1.807) is 37.8 Å². The number of nitrogens with zero attached hydrogens (tertiary/aromatic N) is 3. The van der Waals surface area contributed by atoms with Crippen LogP contribution in [0.5, 0.6) is 11.5 Å². The van der Waals surface area contributed by atoms with Crippen molar-refractivity contribution in [2.75, 3.05) is 33.2 Å². The lowest BCUT2D eigenvalue weighted by Crippen LogP contribution is -2.39. The van der Waals surface area contributed by atoms with E-state index in [1.165, 1.54) is 18.3 Å². The molecule has 0 unspecified atom stereocenters. The molecule has 1 aliphatic rings. The first-order valence-corrected chi connectivity index (χ1v) is 11.6. The summed E-state index contributed by atoms with van der Waals surface area (Å²) in [4.78, 5) is 33.6. The van der Waals surface area contributed by atoms with Gasteiger partial charge in [-0.05, 0) is 49.8 Å². The SMILES string of the molecule is COc1ccc([C@H]2C(C(C)=O)=C(C)N=c3s/c(=C\c4ccc(N(C)C)cc4)c(=O)n32)c(OC)c1. The molecule has 0 fully saturated rings. The first-order chi connectivity index (χ1) is 16.2. The number of rotatable bonds is 6. The van der Waals surface area contributed by atoms with Crippen LogP contribution < -0.4 is 29.3 Å². The number of benzene rings is 2. The fourth-order valence-electron chi connectivity index (χ4n) is 4.13. The zero-order valence-corrected chi connectivity index (χ0v) is 20.9. The predicted molar refractivity (Wildman–Crippen MR) is 135 cm³/mol. The first-order valence-electron chi connectivity index (χ1n) is 10.8. The average Bonchev–Trinajstić information content (AvgIpc) is 3.12. The number of Topliss-reactive ketones (excluding diaryl/α,β-unsaturated/α-hetero) is 1. The smallest absolute Gasteiger partial charge is 0.271 e. The van der Waals surface area contributed by atoms with Crippen molar-refractivity contribution >= 4 is 28.9 Å². The number of fused-ring (bicyclic) bond motifs is 1. The van der Waals surface area contributed by atoms with Gasteiger partial charge in [0.2, 0.25) is 0 Å². The molecular weight excluding hydrogens is 450 g/mol.